The van der Waals surface area contributed by atoms with Crippen molar-refractivity contribution in [3.8, 4) is 5.75 Å². The zero-order valence-corrected chi connectivity index (χ0v) is 15.4. The first-order chi connectivity index (χ1) is 12.0. The number of nitrogens with one attached hydrogen (secondary N) is 1. The fourth-order valence-corrected chi connectivity index (χ4v) is 3.21. The summed E-state index contributed by atoms with van der Waals surface area (Å²) >= 11 is 7.50. The monoisotopic (exact) mass is 372 g/mol. The van der Waals surface area contributed by atoms with Gasteiger partial charge in [-0.05, 0) is 37.6 Å². The summed E-state index contributed by atoms with van der Waals surface area (Å²) in [5.74, 6) is 0.190. The van der Waals surface area contributed by atoms with Gasteiger partial charge in [0.25, 0.3) is 5.91 Å². The Bertz CT molecular complexity index is 874. The van der Waals surface area contributed by atoms with Gasteiger partial charge in [-0.2, -0.15) is 0 Å². The summed E-state index contributed by atoms with van der Waals surface area (Å²) in [4.78, 5) is 18.0. The number of amides is 1. The molecule has 4 nitrogen and oxygen atoms in total. The van der Waals surface area contributed by atoms with Crippen LogP contribution in [0.25, 0.3) is 0 Å². The van der Waals surface area contributed by atoms with Gasteiger partial charge < -0.3 is 4.74 Å². The number of hydrogen-bond donors (Lipinski definition) is 1. The molecule has 2 aromatic carbocycles. The van der Waals surface area contributed by atoms with Crippen molar-refractivity contribution >= 4 is 34.0 Å². The van der Waals surface area contributed by atoms with Crippen LogP contribution in [0.15, 0.2) is 48.5 Å². The molecule has 0 aliphatic carbocycles. The number of anilines is 1. The third-order valence-corrected chi connectivity index (χ3v) is 4.90. The zero-order valence-electron chi connectivity index (χ0n) is 13.9. The number of hydrogen-bond acceptors (Lipinski definition) is 4. The molecular weight excluding hydrogens is 356 g/mol. The lowest BCUT2D eigenvalue weighted by atomic mass is 10.2. The van der Waals surface area contributed by atoms with Gasteiger partial charge in [0.05, 0.1) is 11.3 Å². The number of nitrogens with zero attached hydrogens (tertiary/aromatic N) is 1. The average molecular weight is 373 g/mol. The van der Waals surface area contributed by atoms with E-state index in [4.69, 9.17) is 16.3 Å². The lowest BCUT2D eigenvalue weighted by molar-refractivity contribution is 0.102. The number of halogens is 1. The summed E-state index contributed by atoms with van der Waals surface area (Å²) in [5, 5.41) is 3.86. The summed E-state index contributed by atoms with van der Waals surface area (Å²) in [5.41, 5.74) is 2.32. The third kappa shape index (κ3) is 4.38. The van der Waals surface area contributed by atoms with Gasteiger partial charge in [0, 0.05) is 9.90 Å². The Morgan fingerprint density at radius 3 is 2.64 bits per heavy atom. The van der Waals surface area contributed by atoms with Gasteiger partial charge in [0.2, 0.25) is 0 Å². The van der Waals surface area contributed by atoms with E-state index in [9.17, 15) is 4.79 Å². The van der Waals surface area contributed by atoms with Crippen molar-refractivity contribution in [3.05, 3.63) is 75.3 Å². The molecule has 1 aromatic heterocycles. The molecule has 3 aromatic rings. The maximum absolute atomic E-state index is 12.6. The van der Waals surface area contributed by atoms with Crippen LogP contribution in [0.5, 0.6) is 5.75 Å². The van der Waals surface area contributed by atoms with E-state index >= 15 is 0 Å². The fourth-order valence-electron chi connectivity index (χ4n) is 2.23. The van der Waals surface area contributed by atoms with E-state index in [-0.39, 0.29) is 5.91 Å². The number of carbonyl (C=O) groups excluding carboxylic acids is 1. The van der Waals surface area contributed by atoms with Gasteiger partial charge >= 0.3 is 0 Å². The van der Waals surface area contributed by atoms with E-state index in [2.05, 4.69) is 10.3 Å². The Kier molecular flexibility index (Phi) is 5.36. The number of carbonyl (C=O) groups is 1. The molecule has 128 valence electrons. The van der Waals surface area contributed by atoms with E-state index in [1.54, 1.807) is 18.2 Å². The molecule has 1 N–H and O–H groups in total. The second-order valence-electron chi connectivity index (χ2n) is 5.53. The van der Waals surface area contributed by atoms with Crippen LogP contribution in [0.3, 0.4) is 0 Å². The summed E-state index contributed by atoms with van der Waals surface area (Å²) in [6.45, 7) is 4.25. The van der Waals surface area contributed by atoms with Gasteiger partial charge in [-0.1, -0.05) is 41.9 Å². The first kappa shape index (κ1) is 17.5. The maximum atomic E-state index is 12.6. The topological polar surface area (TPSA) is 51.2 Å². The molecule has 0 aliphatic heterocycles. The number of aryl methyl sites for hydroxylation is 2. The van der Waals surface area contributed by atoms with Crippen LogP contribution in [-0.4, -0.2) is 10.9 Å². The number of ether oxygens (including phenoxy) is 1. The second-order valence-corrected chi connectivity index (χ2v) is 7.17. The Morgan fingerprint density at radius 2 is 1.96 bits per heavy atom. The molecule has 0 radical (unpaired) electrons. The molecule has 0 fully saturated rings. The fraction of sp³-hybridized carbons (Fsp3) is 0.158. The van der Waals surface area contributed by atoms with Crippen LogP contribution in [0.2, 0.25) is 5.02 Å². The molecule has 0 saturated heterocycles. The molecule has 25 heavy (non-hydrogen) atoms. The second kappa shape index (κ2) is 7.68. The number of benzene rings is 2. The minimum absolute atomic E-state index is 0.292. The van der Waals surface area contributed by atoms with Gasteiger partial charge in [0.15, 0.2) is 5.13 Å². The number of thiazole rings is 1. The summed E-state index contributed by atoms with van der Waals surface area (Å²) in [6, 6.07) is 14.8. The SMILES string of the molecule is Cc1nc(NC(=O)c2cc(Cl)ccc2OCc2ccccc2)sc1C. The lowest BCUT2D eigenvalue weighted by Crippen LogP contribution is -2.13. The van der Waals surface area contributed by atoms with Gasteiger partial charge in [-0.25, -0.2) is 4.98 Å². The van der Waals surface area contributed by atoms with Gasteiger partial charge in [-0.3, -0.25) is 10.1 Å². The third-order valence-electron chi connectivity index (χ3n) is 3.67. The largest absolute Gasteiger partial charge is 0.488 e. The van der Waals surface area contributed by atoms with Gasteiger partial charge in [-0.15, -0.1) is 11.3 Å². The standard InChI is InChI=1S/C19H17ClN2O2S/c1-12-13(2)25-19(21-12)22-18(23)16-10-15(20)8-9-17(16)24-11-14-6-4-3-5-7-14/h3-10H,11H2,1-2H3,(H,21,22,23). The van der Waals surface area contributed by atoms with Crippen LogP contribution in [-0.2, 0) is 6.61 Å². The van der Waals surface area contributed by atoms with E-state index < -0.39 is 0 Å². The minimum atomic E-state index is -0.292. The highest BCUT2D eigenvalue weighted by atomic mass is 35.5. The summed E-state index contributed by atoms with van der Waals surface area (Å²) in [7, 11) is 0. The molecule has 0 spiro atoms. The molecular formula is C19H17ClN2O2S. The minimum Gasteiger partial charge on any atom is -0.488 e. The van der Waals surface area contributed by atoms with Crippen molar-refractivity contribution in [1.29, 1.82) is 0 Å². The number of aromatic nitrogens is 1. The quantitative estimate of drug-likeness (QED) is 0.665. The predicted molar refractivity (Wildman–Crippen MR) is 102 cm³/mol. The van der Waals surface area contributed by atoms with Crippen molar-refractivity contribution in [2.45, 2.75) is 20.5 Å². The van der Waals surface area contributed by atoms with Crippen molar-refractivity contribution in [2.24, 2.45) is 0 Å². The molecule has 0 atom stereocenters. The average Bonchev–Trinajstić information content (AvgIpc) is 2.92. The molecule has 0 bridgehead atoms. The molecule has 0 unspecified atom stereocenters. The molecule has 6 heteroatoms. The van der Waals surface area contributed by atoms with E-state index in [1.165, 1.54) is 11.3 Å². The highest BCUT2D eigenvalue weighted by Gasteiger charge is 2.16. The van der Waals surface area contributed by atoms with Crippen LogP contribution >= 0.6 is 22.9 Å². The molecule has 1 amide bonds. The smallest absolute Gasteiger partial charge is 0.261 e. The van der Waals surface area contributed by atoms with Gasteiger partial charge in [0.1, 0.15) is 12.4 Å². The normalized spacial score (nSPS) is 10.5. The maximum Gasteiger partial charge on any atom is 0.261 e. The molecule has 0 aliphatic rings. The predicted octanol–water partition coefficient (Wildman–Crippen LogP) is 5.24. The van der Waals surface area contributed by atoms with E-state index in [0.29, 0.717) is 28.1 Å². The van der Waals surface area contributed by atoms with Crippen LogP contribution in [0, 0.1) is 13.8 Å². The highest BCUT2D eigenvalue weighted by Crippen LogP contribution is 2.27. The Balaban J connectivity index is 1.79. The molecule has 3 rings (SSSR count). The lowest BCUT2D eigenvalue weighted by Gasteiger charge is -2.11. The first-order valence-electron chi connectivity index (χ1n) is 7.74. The van der Waals surface area contributed by atoms with E-state index in [1.807, 2.05) is 44.2 Å². The highest BCUT2D eigenvalue weighted by molar-refractivity contribution is 7.15. The Hall–Kier alpha value is -2.37. The summed E-state index contributed by atoms with van der Waals surface area (Å²) in [6.07, 6.45) is 0. The van der Waals surface area contributed by atoms with Crippen molar-refractivity contribution in [1.82, 2.24) is 4.98 Å². The van der Waals surface area contributed by atoms with Crippen molar-refractivity contribution < 1.29 is 9.53 Å². The van der Waals surface area contributed by atoms with Crippen LogP contribution in [0.1, 0.15) is 26.5 Å². The molecule has 1 heterocycles. The summed E-state index contributed by atoms with van der Waals surface area (Å²) < 4.78 is 5.83. The van der Waals surface area contributed by atoms with Crippen LogP contribution in [0.4, 0.5) is 5.13 Å². The Morgan fingerprint density at radius 1 is 1.20 bits per heavy atom. The van der Waals surface area contributed by atoms with E-state index in [0.717, 1.165) is 16.1 Å². The first-order valence-corrected chi connectivity index (χ1v) is 8.94. The molecule has 0 saturated carbocycles. The number of rotatable bonds is 5. The van der Waals surface area contributed by atoms with Crippen molar-refractivity contribution in [3.63, 3.8) is 0 Å². The zero-order chi connectivity index (χ0) is 17.8. The Labute approximate surface area is 155 Å². The van der Waals surface area contributed by atoms with Crippen LogP contribution < -0.4 is 10.1 Å². The van der Waals surface area contributed by atoms with Crippen molar-refractivity contribution in [2.75, 3.05) is 5.32 Å².